The number of imide groups is 1. The van der Waals surface area contributed by atoms with Gasteiger partial charge in [-0.25, -0.2) is 4.79 Å². The Kier molecular flexibility index (Phi) is 6.74. The predicted octanol–water partition coefficient (Wildman–Crippen LogP) is 0.331. The van der Waals surface area contributed by atoms with Gasteiger partial charge in [-0.2, -0.15) is 5.01 Å². The van der Waals surface area contributed by atoms with E-state index in [2.05, 4.69) is 16.1 Å². The summed E-state index contributed by atoms with van der Waals surface area (Å²) in [5.74, 6) is -1.32. The molecule has 0 unspecified atom stereocenters. The van der Waals surface area contributed by atoms with Gasteiger partial charge in [0.15, 0.2) is 0 Å². The van der Waals surface area contributed by atoms with Crippen LogP contribution in [0.25, 0.3) is 0 Å². The van der Waals surface area contributed by atoms with Crippen molar-refractivity contribution in [3.05, 3.63) is 35.9 Å². The molecule has 0 bridgehead atoms. The Bertz CT molecular complexity index is 752. The molecule has 28 heavy (non-hydrogen) atoms. The van der Waals surface area contributed by atoms with Crippen molar-refractivity contribution in [3.8, 4) is 0 Å². The summed E-state index contributed by atoms with van der Waals surface area (Å²) in [4.78, 5) is 50.8. The minimum absolute atomic E-state index is 0.000738. The van der Waals surface area contributed by atoms with Gasteiger partial charge in [0.2, 0.25) is 5.91 Å². The third kappa shape index (κ3) is 4.66. The van der Waals surface area contributed by atoms with E-state index in [-0.39, 0.29) is 25.0 Å². The summed E-state index contributed by atoms with van der Waals surface area (Å²) in [6.45, 7) is 5.35. The predicted molar refractivity (Wildman–Crippen MR) is 103 cm³/mol. The molecule has 1 heterocycles. The number of likely N-dealkylation sites (N-methyl/N-ethyl adjacent to an activating group) is 1. The lowest BCUT2D eigenvalue weighted by Crippen LogP contribution is -2.51. The highest BCUT2D eigenvalue weighted by Crippen LogP contribution is 2.31. The second kappa shape index (κ2) is 8.83. The monoisotopic (exact) mass is 389 g/mol. The van der Waals surface area contributed by atoms with Gasteiger partial charge >= 0.3 is 6.03 Å². The number of hydrogen-bond acceptors (Lipinski definition) is 5. The Labute approximate surface area is 164 Å². The first-order chi connectivity index (χ1) is 13.2. The van der Waals surface area contributed by atoms with Crippen LogP contribution in [0.4, 0.5) is 4.79 Å². The first-order valence-corrected chi connectivity index (χ1v) is 9.19. The number of nitrogens with zero attached hydrogens (tertiary/aromatic N) is 2. The summed E-state index contributed by atoms with van der Waals surface area (Å²) in [5, 5.41) is 6.13. The highest BCUT2D eigenvalue weighted by molar-refractivity contribution is 6.08. The van der Waals surface area contributed by atoms with E-state index in [9.17, 15) is 19.2 Å². The average molecular weight is 389 g/mol. The van der Waals surface area contributed by atoms with E-state index < -0.39 is 23.4 Å². The molecule has 0 aromatic heterocycles. The quantitative estimate of drug-likeness (QED) is 0.555. The van der Waals surface area contributed by atoms with Gasteiger partial charge in [-0.15, -0.1) is 0 Å². The van der Waals surface area contributed by atoms with Crippen molar-refractivity contribution in [2.45, 2.75) is 38.8 Å². The molecule has 0 spiro atoms. The van der Waals surface area contributed by atoms with E-state index >= 15 is 0 Å². The minimum Gasteiger partial charge on any atom is -0.353 e. The smallest absolute Gasteiger partial charge is 0.344 e. The average Bonchev–Trinajstić information content (AvgIpc) is 2.86. The fraction of sp³-hybridized carbons (Fsp3) is 0.474. The molecule has 152 valence electrons. The zero-order valence-corrected chi connectivity index (χ0v) is 16.6. The summed E-state index contributed by atoms with van der Waals surface area (Å²) in [7, 11) is 1.60. The highest BCUT2D eigenvalue weighted by atomic mass is 16.2. The van der Waals surface area contributed by atoms with E-state index in [1.807, 2.05) is 19.9 Å². The molecule has 1 saturated heterocycles. The van der Waals surface area contributed by atoms with Crippen molar-refractivity contribution >= 4 is 23.8 Å². The Hall–Kier alpha value is -2.94. The standard InChI is InChI=1S/C19H27N5O4/c1-5-19(14-9-7-6-8-10-14)17(27)24(18(28)21-19)22-16(26)12-23(4)11-15(25)20-13(2)3/h6-10,13H,5,11-12H2,1-4H3,(H,20,25)(H,21,28)(H,22,26)/t19-/m1/s1. The number of amides is 5. The van der Waals surface area contributed by atoms with E-state index in [4.69, 9.17) is 0 Å². The minimum atomic E-state index is -1.21. The molecule has 1 atom stereocenters. The van der Waals surface area contributed by atoms with Gasteiger partial charge in [-0.3, -0.25) is 24.7 Å². The first kappa shape index (κ1) is 21.4. The molecule has 9 nitrogen and oxygen atoms in total. The fourth-order valence-electron chi connectivity index (χ4n) is 3.11. The topological polar surface area (TPSA) is 111 Å². The molecule has 0 radical (unpaired) electrons. The Balaban J connectivity index is 2.02. The van der Waals surface area contributed by atoms with Gasteiger partial charge in [0.25, 0.3) is 11.8 Å². The number of rotatable bonds is 8. The molecule has 3 N–H and O–H groups in total. The molecular weight excluding hydrogens is 362 g/mol. The molecule has 1 aromatic carbocycles. The summed E-state index contributed by atoms with van der Waals surface area (Å²) in [6.07, 6.45) is 0.337. The number of nitrogens with one attached hydrogen (secondary N) is 3. The van der Waals surface area contributed by atoms with Crippen molar-refractivity contribution in [3.63, 3.8) is 0 Å². The van der Waals surface area contributed by atoms with Crippen LogP contribution in [0.3, 0.4) is 0 Å². The van der Waals surface area contributed by atoms with Crippen LogP contribution in [0.2, 0.25) is 0 Å². The van der Waals surface area contributed by atoms with Crippen LogP contribution >= 0.6 is 0 Å². The summed E-state index contributed by atoms with van der Waals surface area (Å²) in [6, 6.07) is 8.21. The molecule has 1 aromatic rings. The lowest BCUT2D eigenvalue weighted by molar-refractivity contribution is -0.140. The molecule has 0 aliphatic carbocycles. The maximum atomic E-state index is 12.9. The third-order valence-corrected chi connectivity index (χ3v) is 4.40. The molecule has 1 fully saturated rings. The van der Waals surface area contributed by atoms with Crippen molar-refractivity contribution in [1.29, 1.82) is 0 Å². The molecular formula is C19H27N5O4. The number of carbonyl (C=O) groups is 4. The van der Waals surface area contributed by atoms with Crippen LogP contribution in [0.5, 0.6) is 0 Å². The van der Waals surface area contributed by atoms with Gasteiger partial charge in [0.1, 0.15) is 5.54 Å². The van der Waals surface area contributed by atoms with Gasteiger partial charge in [-0.1, -0.05) is 37.3 Å². The van der Waals surface area contributed by atoms with E-state index in [0.29, 0.717) is 17.0 Å². The van der Waals surface area contributed by atoms with Crippen LogP contribution < -0.4 is 16.1 Å². The van der Waals surface area contributed by atoms with E-state index in [0.717, 1.165) is 0 Å². The fourth-order valence-corrected chi connectivity index (χ4v) is 3.11. The lowest BCUT2D eigenvalue weighted by Gasteiger charge is -2.25. The van der Waals surface area contributed by atoms with Gasteiger partial charge in [-0.05, 0) is 32.9 Å². The SMILES string of the molecule is CC[C@]1(c2ccccc2)NC(=O)N(NC(=O)CN(C)CC(=O)NC(C)C)C1=O. The second-order valence-electron chi connectivity index (χ2n) is 7.13. The number of benzene rings is 1. The van der Waals surface area contributed by atoms with Crippen molar-refractivity contribution in [2.24, 2.45) is 0 Å². The van der Waals surface area contributed by atoms with Crippen molar-refractivity contribution in [2.75, 3.05) is 20.1 Å². The Morgan fingerprint density at radius 2 is 1.75 bits per heavy atom. The number of hydrazine groups is 1. The number of urea groups is 1. The lowest BCUT2D eigenvalue weighted by atomic mass is 9.87. The molecule has 9 heteroatoms. The normalized spacial score (nSPS) is 19.1. The first-order valence-electron chi connectivity index (χ1n) is 9.19. The molecule has 5 amide bonds. The number of carbonyl (C=O) groups excluding carboxylic acids is 4. The molecule has 0 saturated carbocycles. The van der Waals surface area contributed by atoms with E-state index in [1.165, 1.54) is 4.90 Å². The Morgan fingerprint density at radius 3 is 2.32 bits per heavy atom. The van der Waals surface area contributed by atoms with Crippen LogP contribution in [0, 0.1) is 0 Å². The van der Waals surface area contributed by atoms with Gasteiger partial charge in [0, 0.05) is 6.04 Å². The van der Waals surface area contributed by atoms with Crippen LogP contribution in [0.1, 0.15) is 32.8 Å². The summed E-state index contributed by atoms with van der Waals surface area (Å²) < 4.78 is 0. The zero-order valence-electron chi connectivity index (χ0n) is 16.6. The number of hydrogen-bond donors (Lipinski definition) is 3. The largest absolute Gasteiger partial charge is 0.353 e. The third-order valence-electron chi connectivity index (χ3n) is 4.40. The molecule has 1 aliphatic rings. The summed E-state index contributed by atoms with van der Waals surface area (Å²) in [5.41, 5.74) is 1.78. The second-order valence-corrected chi connectivity index (χ2v) is 7.13. The summed E-state index contributed by atoms with van der Waals surface area (Å²) >= 11 is 0. The van der Waals surface area contributed by atoms with Crippen molar-refractivity contribution < 1.29 is 19.2 Å². The van der Waals surface area contributed by atoms with Crippen molar-refractivity contribution in [1.82, 2.24) is 26.0 Å². The molecule has 1 aliphatic heterocycles. The highest BCUT2D eigenvalue weighted by Gasteiger charge is 2.52. The van der Waals surface area contributed by atoms with Crippen LogP contribution in [-0.2, 0) is 19.9 Å². The van der Waals surface area contributed by atoms with Crippen LogP contribution in [0.15, 0.2) is 30.3 Å². The maximum Gasteiger partial charge on any atom is 0.344 e. The van der Waals surface area contributed by atoms with Gasteiger partial charge < -0.3 is 10.6 Å². The maximum absolute atomic E-state index is 12.9. The zero-order chi connectivity index (χ0) is 20.9. The van der Waals surface area contributed by atoms with Gasteiger partial charge in [0.05, 0.1) is 13.1 Å². The Morgan fingerprint density at radius 1 is 1.14 bits per heavy atom. The van der Waals surface area contributed by atoms with Crippen LogP contribution in [-0.4, -0.2) is 59.8 Å². The molecule has 2 rings (SSSR count). The van der Waals surface area contributed by atoms with E-state index in [1.54, 1.807) is 38.2 Å².